The van der Waals surface area contributed by atoms with Gasteiger partial charge in [-0.2, -0.15) is 0 Å². The maximum atomic E-state index is 12.1. The number of halogens is 1. The smallest absolute Gasteiger partial charge is 0.337 e. The standard InChI is InChI=1S/C14H12ClNO3S/c1-2-8-5-6-20-12(8)13(17)16-9-3-4-10(14(18)19)11(15)7-9/h3-7H,2H2,1H3,(H,16,17)(H,18,19). The van der Waals surface area contributed by atoms with Gasteiger partial charge in [-0.3, -0.25) is 4.79 Å². The lowest BCUT2D eigenvalue weighted by atomic mass is 10.2. The number of hydrogen-bond acceptors (Lipinski definition) is 3. The van der Waals surface area contributed by atoms with E-state index >= 15 is 0 Å². The number of amides is 1. The number of benzene rings is 1. The van der Waals surface area contributed by atoms with Crippen molar-refractivity contribution in [2.24, 2.45) is 0 Å². The number of nitrogens with one attached hydrogen (secondary N) is 1. The predicted octanol–water partition coefficient (Wildman–Crippen LogP) is 3.91. The van der Waals surface area contributed by atoms with E-state index in [1.54, 1.807) is 0 Å². The molecule has 1 aromatic carbocycles. The van der Waals surface area contributed by atoms with Crippen LogP contribution in [0.25, 0.3) is 0 Å². The highest BCUT2D eigenvalue weighted by Gasteiger charge is 2.14. The van der Waals surface area contributed by atoms with Crippen LogP contribution in [-0.2, 0) is 6.42 Å². The van der Waals surface area contributed by atoms with Gasteiger partial charge in [-0.15, -0.1) is 11.3 Å². The highest BCUT2D eigenvalue weighted by Crippen LogP contribution is 2.23. The Hall–Kier alpha value is -1.85. The molecule has 2 aromatic rings. The van der Waals surface area contributed by atoms with Crippen molar-refractivity contribution in [3.05, 3.63) is 50.7 Å². The van der Waals surface area contributed by atoms with Crippen LogP contribution in [0, 0.1) is 0 Å². The van der Waals surface area contributed by atoms with Gasteiger partial charge in [0.1, 0.15) is 0 Å². The molecule has 1 aromatic heterocycles. The largest absolute Gasteiger partial charge is 0.478 e. The van der Waals surface area contributed by atoms with Gasteiger partial charge in [-0.05, 0) is 41.6 Å². The molecular formula is C14H12ClNO3S. The second-order valence-electron chi connectivity index (χ2n) is 4.08. The third-order valence-electron chi connectivity index (χ3n) is 2.79. The van der Waals surface area contributed by atoms with Crippen molar-refractivity contribution >= 4 is 40.5 Å². The number of thiophene rings is 1. The van der Waals surface area contributed by atoms with E-state index in [-0.39, 0.29) is 16.5 Å². The highest BCUT2D eigenvalue weighted by atomic mass is 35.5. The summed E-state index contributed by atoms with van der Waals surface area (Å²) in [6.07, 6.45) is 0.783. The fraction of sp³-hybridized carbons (Fsp3) is 0.143. The molecule has 0 aliphatic heterocycles. The van der Waals surface area contributed by atoms with Gasteiger partial charge < -0.3 is 10.4 Å². The van der Waals surface area contributed by atoms with Crippen LogP contribution in [0.3, 0.4) is 0 Å². The number of carbonyl (C=O) groups is 2. The van der Waals surface area contributed by atoms with Crippen LogP contribution in [0.4, 0.5) is 5.69 Å². The van der Waals surface area contributed by atoms with Crippen molar-refractivity contribution in [2.45, 2.75) is 13.3 Å². The summed E-state index contributed by atoms with van der Waals surface area (Å²) in [5, 5.41) is 13.6. The van der Waals surface area contributed by atoms with Crippen molar-refractivity contribution in [1.29, 1.82) is 0 Å². The van der Waals surface area contributed by atoms with E-state index in [2.05, 4.69) is 5.32 Å². The molecule has 2 rings (SSSR count). The molecule has 0 aliphatic carbocycles. The topological polar surface area (TPSA) is 66.4 Å². The molecule has 6 heteroatoms. The van der Waals surface area contributed by atoms with Crippen LogP contribution in [0.1, 0.15) is 32.5 Å². The summed E-state index contributed by atoms with van der Waals surface area (Å²) in [5.74, 6) is -1.31. The molecule has 1 amide bonds. The molecule has 2 N–H and O–H groups in total. The lowest BCUT2D eigenvalue weighted by Gasteiger charge is -2.07. The van der Waals surface area contributed by atoms with Gasteiger partial charge in [0.2, 0.25) is 0 Å². The number of carboxylic acid groups (broad SMARTS) is 1. The molecule has 0 fully saturated rings. The number of aromatic carboxylic acids is 1. The molecule has 4 nitrogen and oxygen atoms in total. The third-order valence-corrected chi connectivity index (χ3v) is 4.06. The first kappa shape index (κ1) is 14.6. The molecule has 0 saturated carbocycles. The van der Waals surface area contributed by atoms with Crippen LogP contribution in [0.5, 0.6) is 0 Å². The Kier molecular flexibility index (Phi) is 4.42. The maximum Gasteiger partial charge on any atom is 0.337 e. The van der Waals surface area contributed by atoms with Gasteiger partial charge in [0.05, 0.1) is 15.5 Å². The Bertz CT molecular complexity index is 666. The molecule has 0 unspecified atom stereocenters. The minimum Gasteiger partial charge on any atom is -0.478 e. The number of hydrogen-bond donors (Lipinski definition) is 2. The fourth-order valence-corrected chi connectivity index (χ4v) is 2.92. The highest BCUT2D eigenvalue weighted by molar-refractivity contribution is 7.12. The average Bonchev–Trinajstić information content (AvgIpc) is 2.86. The van der Waals surface area contributed by atoms with Gasteiger partial charge in [-0.1, -0.05) is 18.5 Å². The molecule has 104 valence electrons. The van der Waals surface area contributed by atoms with E-state index in [9.17, 15) is 9.59 Å². The van der Waals surface area contributed by atoms with Gasteiger partial charge >= 0.3 is 5.97 Å². The first-order valence-corrected chi connectivity index (χ1v) is 7.19. The number of carboxylic acids is 1. The third kappa shape index (κ3) is 3.00. The fourth-order valence-electron chi connectivity index (χ4n) is 1.77. The summed E-state index contributed by atoms with van der Waals surface area (Å²) in [6, 6.07) is 6.24. The minimum absolute atomic E-state index is 0.00929. The van der Waals surface area contributed by atoms with Crippen LogP contribution in [0.15, 0.2) is 29.6 Å². The Morgan fingerprint density at radius 3 is 2.70 bits per heavy atom. The molecule has 0 radical (unpaired) electrons. The predicted molar refractivity (Wildman–Crippen MR) is 80.1 cm³/mol. The van der Waals surface area contributed by atoms with E-state index < -0.39 is 5.97 Å². The SMILES string of the molecule is CCc1ccsc1C(=O)Nc1ccc(C(=O)O)c(Cl)c1. The maximum absolute atomic E-state index is 12.1. The monoisotopic (exact) mass is 309 g/mol. The Balaban J connectivity index is 2.20. The molecule has 0 spiro atoms. The van der Waals surface area contributed by atoms with Gasteiger partial charge in [-0.25, -0.2) is 4.79 Å². The van der Waals surface area contributed by atoms with E-state index in [0.29, 0.717) is 10.6 Å². The zero-order valence-electron chi connectivity index (χ0n) is 10.6. The molecular weight excluding hydrogens is 298 g/mol. The van der Waals surface area contributed by atoms with Crippen molar-refractivity contribution < 1.29 is 14.7 Å². The van der Waals surface area contributed by atoms with Gasteiger partial charge in [0, 0.05) is 5.69 Å². The van der Waals surface area contributed by atoms with Crippen LogP contribution in [-0.4, -0.2) is 17.0 Å². The zero-order valence-corrected chi connectivity index (χ0v) is 12.2. The molecule has 0 aliphatic rings. The molecule has 0 atom stereocenters. The quantitative estimate of drug-likeness (QED) is 0.899. The first-order valence-electron chi connectivity index (χ1n) is 5.93. The van der Waals surface area contributed by atoms with E-state index in [1.807, 2.05) is 18.4 Å². The number of anilines is 1. The first-order chi connectivity index (χ1) is 9.52. The average molecular weight is 310 g/mol. The summed E-state index contributed by atoms with van der Waals surface area (Å²) in [7, 11) is 0. The van der Waals surface area contributed by atoms with Gasteiger partial charge in [0.25, 0.3) is 5.91 Å². The Morgan fingerprint density at radius 2 is 2.10 bits per heavy atom. The summed E-state index contributed by atoms with van der Waals surface area (Å²) >= 11 is 7.24. The summed E-state index contributed by atoms with van der Waals surface area (Å²) in [5.41, 5.74) is 1.47. The van der Waals surface area contributed by atoms with Crippen molar-refractivity contribution in [3.8, 4) is 0 Å². The Labute approximate surface area is 125 Å². The Morgan fingerprint density at radius 1 is 1.35 bits per heavy atom. The number of carbonyl (C=O) groups excluding carboxylic acids is 1. The lowest BCUT2D eigenvalue weighted by Crippen LogP contribution is -2.12. The van der Waals surface area contributed by atoms with E-state index in [0.717, 1.165) is 12.0 Å². The zero-order chi connectivity index (χ0) is 14.7. The summed E-state index contributed by atoms with van der Waals surface area (Å²) < 4.78 is 0. The molecule has 0 saturated heterocycles. The van der Waals surface area contributed by atoms with Crippen molar-refractivity contribution in [2.75, 3.05) is 5.32 Å². The minimum atomic E-state index is -1.10. The van der Waals surface area contributed by atoms with E-state index in [4.69, 9.17) is 16.7 Å². The molecule has 0 bridgehead atoms. The number of aryl methyl sites for hydroxylation is 1. The molecule has 1 heterocycles. The van der Waals surface area contributed by atoms with Gasteiger partial charge in [0.15, 0.2) is 0 Å². The molecule has 20 heavy (non-hydrogen) atoms. The summed E-state index contributed by atoms with van der Waals surface area (Å²) in [4.78, 5) is 23.6. The van der Waals surface area contributed by atoms with Crippen molar-refractivity contribution in [1.82, 2.24) is 0 Å². The normalized spacial score (nSPS) is 10.3. The second-order valence-corrected chi connectivity index (χ2v) is 5.41. The van der Waals surface area contributed by atoms with Crippen LogP contribution in [0.2, 0.25) is 5.02 Å². The lowest BCUT2D eigenvalue weighted by molar-refractivity contribution is 0.0697. The van der Waals surface area contributed by atoms with Crippen LogP contribution >= 0.6 is 22.9 Å². The summed E-state index contributed by atoms with van der Waals surface area (Å²) in [6.45, 7) is 1.98. The number of rotatable bonds is 4. The second kappa shape index (κ2) is 6.07. The van der Waals surface area contributed by atoms with E-state index in [1.165, 1.54) is 29.5 Å². The van der Waals surface area contributed by atoms with Crippen molar-refractivity contribution in [3.63, 3.8) is 0 Å². The van der Waals surface area contributed by atoms with Crippen LogP contribution < -0.4 is 5.32 Å².